The Morgan fingerprint density at radius 2 is 1.92 bits per heavy atom. The second-order valence-corrected chi connectivity index (χ2v) is 7.84. The van der Waals surface area contributed by atoms with Crippen molar-refractivity contribution in [3.05, 3.63) is 40.2 Å². The predicted octanol–water partition coefficient (Wildman–Crippen LogP) is 2.76. The molecule has 24 heavy (non-hydrogen) atoms. The van der Waals surface area contributed by atoms with Crippen LogP contribution in [0.25, 0.3) is 11.3 Å². The molecule has 1 saturated heterocycles. The normalized spacial score (nSPS) is 18.0. The molecule has 0 atom stereocenters. The summed E-state index contributed by atoms with van der Waals surface area (Å²) in [6, 6.07) is 8.83. The van der Waals surface area contributed by atoms with Crippen LogP contribution in [-0.4, -0.2) is 65.3 Å². The van der Waals surface area contributed by atoms with E-state index in [4.69, 9.17) is 0 Å². The van der Waals surface area contributed by atoms with Gasteiger partial charge in [0.15, 0.2) is 0 Å². The van der Waals surface area contributed by atoms with E-state index in [9.17, 15) is 5.11 Å². The van der Waals surface area contributed by atoms with Gasteiger partial charge in [-0.05, 0) is 19.4 Å². The van der Waals surface area contributed by atoms with E-state index in [-0.39, 0.29) is 0 Å². The van der Waals surface area contributed by atoms with Crippen molar-refractivity contribution < 1.29 is 9.59 Å². The van der Waals surface area contributed by atoms with Crippen LogP contribution in [0.15, 0.2) is 29.6 Å². The molecule has 0 amide bonds. The number of rotatable bonds is 6. The zero-order valence-corrected chi connectivity index (χ0v) is 15.6. The number of benzene rings is 1. The minimum absolute atomic E-state index is 0.297. The molecule has 0 aliphatic carbocycles. The number of aryl methyl sites for hydroxylation is 1. The minimum atomic E-state index is 0.297. The maximum absolute atomic E-state index is 9.30. The fourth-order valence-electron chi connectivity index (χ4n) is 3.53. The van der Waals surface area contributed by atoms with Gasteiger partial charge < -0.3 is 9.59 Å². The number of likely N-dealkylation sites (N-methyl/N-ethyl adjacent to an activating group) is 1. The van der Waals surface area contributed by atoms with Gasteiger partial charge in [-0.25, -0.2) is 4.98 Å². The van der Waals surface area contributed by atoms with E-state index in [1.807, 2.05) is 6.92 Å². The highest BCUT2D eigenvalue weighted by molar-refractivity contribution is 7.09. The number of piperazine rings is 1. The lowest BCUT2D eigenvalue weighted by molar-refractivity contribution is -0.930. The second-order valence-electron chi connectivity index (χ2n) is 6.78. The fourth-order valence-corrected chi connectivity index (χ4v) is 4.16. The Hall–Kier alpha value is -1.27. The number of hydrogen-bond donors (Lipinski definition) is 1. The summed E-state index contributed by atoms with van der Waals surface area (Å²) in [7, 11) is 0. The van der Waals surface area contributed by atoms with Crippen molar-refractivity contribution in [1.82, 2.24) is 9.88 Å². The van der Waals surface area contributed by atoms with Gasteiger partial charge in [0.05, 0.1) is 36.9 Å². The third-order valence-electron chi connectivity index (χ3n) is 5.30. The number of quaternary nitrogens is 1. The van der Waals surface area contributed by atoms with Crippen molar-refractivity contribution in [3.63, 3.8) is 0 Å². The molecule has 2 aromatic rings. The molecule has 4 nitrogen and oxygen atoms in total. The van der Waals surface area contributed by atoms with Crippen LogP contribution in [0.3, 0.4) is 0 Å². The summed E-state index contributed by atoms with van der Waals surface area (Å²) in [6.07, 6.45) is 0. The monoisotopic (exact) mass is 346 g/mol. The molecular weight excluding hydrogens is 318 g/mol. The molecule has 1 N–H and O–H groups in total. The van der Waals surface area contributed by atoms with E-state index in [2.05, 4.69) is 46.5 Å². The number of hydrogen-bond acceptors (Lipinski definition) is 4. The molecule has 0 unspecified atom stereocenters. The van der Waals surface area contributed by atoms with Gasteiger partial charge in [0, 0.05) is 30.6 Å². The molecule has 1 aromatic heterocycles. The minimum Gasteiger partial charge on any atom is -0.391 e. The topological polar surface area (TPSA) is 36.4 Å². The average molecular weight is 347 g/mol. The molecule has 1 aliphatic heterocycles. The van der Waals surface area contributed by atoms with Crippen LogP contribution in [0.4, 0.5) is 0 Å². The van der Waals surface area contributed by atoms with Gasteiger partial charge in [-0.15, -0.1) is 11.3 Å². The van der Waals surface area contributed by atoms with E-state index in [0.717, 1.165) is 61.0 Å². The predicted molar refractivity (Wildman–Crippen MR) is 100 cm³/mol. The summed E-state index contributed by atoms with van der Waals surface area (Å²) >= 11 is 1.70. The third kappa shape index (κ3) is 4.03. The Morgan fingerprint density at radius 3 is 2.46 bits per heavy atom. The van der Waals surface area contributed by atoms with Gasteiger partial charge in [0.2, 0.25) is 0 Å². The first-order valence-electron chi connectivity index (χ1n) is 8.84. The maximum Gasteiger partial charge on any atom is 0.102 e. The number of aromatic nitrogens is 1. The highest BCUT2D eigenvalue weighted by atomic mass is 32.1. The molecule has 0 radical (unpaired) electrons. The summed E-state index contributed by atoms with van der Waals surface area (Å²) in [5, 5.41) is 12.5. The molecule has 1 aliphatic rings. The molecule has 0 spiro atoms. The van der Waals surface area contributed by atoms with Crippen molar-refractivity contribution in [3.8, 4) is 11.3 Å². The molecule has 0 bridgehead atoms. The van der Waals surface area contributed by atoms with Gasteiger partial charge in [0.1, 0.15) is 6.54 Å². The van der Waals surface area contributed by atoms with Crippen molar-refractivity contribution >= 4 is 11.3 Å². The smallest absolute Gasteiger partial charge is 0.102 e. The zero-order chi connectivity index (χ0) is 17.0. The lowest BCUT2D eigenvalue weighted by atomic mass is 10.1. The fraction of sp³-hybridized carbons (Fsp3) is 0.526. The van der Waals surface area contributed by atoms with Crippen LogP contribution in [-0.2, 0) is 6.54 Å². The van der Waals surface area contributed by atoms with Gasteiger partial charge in [-0.2, -0.15) is 0 Å². The van der Waals surface area contributed by atoms with Gasteiger partial charge in [-0.1, -0.05) is 24.3 Å². The van der Waals surface area contributed by atoms with E-state index in [1.165, 1.54) is 11.1 Å². The van der Waals surface area contributed by atoms with Crippen molar-refractivity contribution in [1.29, 1.82) is 0 Å². The SMILES string of the molecule is CC[N+]1(CCO)CCN(Cc2ccc(-c3csc(C)n3)cc2)CC1. The number of thiazole rings is 1. The Morgan fingerprint density at radius 1 is 1.21 bits per heavy atom. The first-order chi connectivity index (χ1) is 11.6. The van der Waals surface area contributed by atoms with E-state index in [0.29, 0.717) is 6.61 Å². The molecule has 5 heteroatoms. The van der Waals surface area contributed by atoms with Crippen LogP contribution >= 0.6 is 11.3 Å². The highest BCUT2D eigenvalue weighted by Gasteiger charge is 2.30. The quantitative estimate of drug-likeness (QED) is 0.817. The van der Waals surface area contributed by atoms with Crippen LogP contribution in [0.5, 0.6) is 0 Å². The van der Waals surface area contributed by atoms with Gasteiger partial charge >= 0.3 is 0 Å². The molecule has 1 fully saturated rings. The lowest BCUT2D eigenvalue weighted by Crippen LogP contribution is -2.60. The molecule has 1 aromatic carbocycles. The molecular formula is C19H28N3OS+. The highest BCUT2D eigenvalue weighted by Crippen LogP contribution is 2.22. The van der Waals surface area contributed by atoms with Crippen molar-refractivity contribution in [2.24, 2.45) is 0 Å². The van der Waals surface area contributed by atoms with Crippen molar-refractivity contribution in [2.45, 2.75) is 20.4 Å². The summed E-state index contributed by atoms with van der Waals surface area (Å²) in [5.41, 5.74) is 3.65. The Balaban J connectivity index is 1.57. The number of nitrogens with zero attached hydrogens (tertiary/aromatic N) is 3. The standard InChI is InChI=1S/C19H28N3OS/c1-3-22(12-13-23)10-8-21(9-11-22)14-17-4-6-18(7-5-17)19-15-24-16(2)20-19/h4-7,15,23H,3,8-14H2,1-2H3/q+1. The number of aliphatic hydroxyl groups excluding tert-OH is 1. The van der Waals surface area contributed by atoms with Crippen molar-refractivity contribution in [2.75, 3.05) is 45.9 Å². The van der Waals surface area contributed by atoms with Crippen LogP contribution in [0.1, 0.15) is 17.5 Å². The van der Waals surface area contributed by atoms with Gasteiger partial charge in [-0.3, -0.25) is 4.90 Å². The molecule has 2 heterocycles. The first-order valence-corrected chi connectivity index (χ1v) is 9.72. The Bertz CT molecular complexity index is 645. The van der Waals surface area contributed by atoms with Crippen LogP contribution in [0.2, 0.25) is 0 Å². The zero-order valence-electron chi connectivity index (χ0n) is 14.7. The summed E-state index contributed by atoms with van der Waals surface area (Å²) < 4.78 is 1.06. The van der Waals surface area contributed by atoms with E-state index < -0.39 is 0 Å². The molecule has 130 valence electrons. The van der Waals surface area contributed by atoms with E-state index in [1.54, 1.807) is 11.3 Å². The average Bonchev–Trinajstić information content (AvgIpc) is 3.04. The molecule has 3 rings (SSSR count). The lowest BCUT2D eigenvalue weighted by Gasteiger charge is -2.44. The molecule has 0 saturated carbocycles. The first kappa shape index (κ1) is 17.5. The van der Waals surface area contributed by atoms with Crippen LogP contribution < -0.4 is 0 Å². The third-order valence-corrected chi connectivity index (χ3v) is 6.07. The summed E-state index contributed by atoms with van der Waals surface area (Å²) in [6.45, 7) is 12.1. The maximum atomic E-state index is 9.30. The summed E-state index contributed by atoms with van der Waals surface area (Å²) in [5.74, 6) is 0. The Labute approximate surface area is 149 Å². The second kappa shape index (κ2) is 7.74. The van der Waals surface area contributed by atoms with Gasteiger partial charge in [0.25, 0.3) is 0 Å². The largest absolute Gasteiger partial charge is 0.391 e. The summed E-state index contributed by atoms with van der Waals surface area (Å²) in [4.78, 5) is 7.09. The number of aliphatic hydroxyl groups is 1. The Kier molecular flexibility index (Phi) is 5.66. The van der Waals surface area contributed by atoms with E-state index >= 15 is 0 Å². The van der Waals surface area contributed by atoms with Crippen LogP contribution in [0, 0.1) is 6.92 Å².